The van der Waals surface area contributed by atoms with Crippen LogP contribution in [0.5, 0.6) is 0 Å². The highest BCUT2D eigenvalue weighted by atomic mass is 16.4. The molecule has 1 heterocycles. The molecule has 3 N–H and O–H groups in total. The van der Waals surface area contributed by atoms with E-state index in [1.165, 1.54) is 0 Å². The van der Waals surface area contributed by atoms with Crippen molar-refractivity contribution < 1.29 is 14.7 Å². The van der Waals surface area contributed by atoms with Crippen LogP contribution in [0.3, 0.4) is 0 Å². The van der Waals surface area contributed by atoms with Gasteiger partial charge in [-0.2, -0.15) is 5.10 Å². The van der Waals surface area contributed by atoms with Gasteiger partial charge in [0.15, 0.2) is 0 Å². The van der Waals surface area contributed by atoms with Crippen LogP contribution in [-0.4, -0.2) is 28.4 Å². The fourth-order valence-corrected chi connectivity index (χ4v) is 0.632. The molecule has 0 aromatic carbocycles. The molecule has 0 aliphatic carbocycles. The zero-order valence-corrected chi connectivity index (χ0v) is 5.42. The van der Waals surface area contributed by atoms with Crippen molar-refractivity contribution >= 4 is 23.3 Å². The van der Waals surface area contributed by atoms with E-state index in [4.69, 9.17) is 10.5 Å². The summed E-state index contributed by atoms with van der Waals surface area (Å²) in [5, 5.41) is 18.6. The summed E-state index contributed by atoms with van der Waals surface area (Å²) < 4.78 is 0. The summed E-state index contributed by atoms with van der Waals surface area (Å²) in [5.74, 6) is -1.76. The van der Waals surface area contributed by atoms with Crippen LogP contribution < -0.4 is 5.43 Å². The Hall–Kier alpha value is -1.72. The van der Waals surface area contributed by atoms with Gasteiger partial charge in [-0.15, -0.1) is 0 Å². The van der Waals surface area contributed by atoms with Gasteiger partial charge in [0.2, 0.25) is 0 Å². The summed E-state index contributed by atoms with van der Waals surface area (Å²) in [4.78, 5) is 20.6. The number of carboxylic acids is 1. The molecule has 6 heteroatoms. The smallest absolute Gasteiger partial charge is 0.309 e. The van der Waals surface area contributed by atoms with Gasteiger partial charge in [0.25, 0.3) is 5.91 Å². The maximum atomic E-state index is 10.5. The Bertz CT molecular complexity index is 268. The number of nitrogens with one attached hydrogen (secondary N) is 2. The molecule has 0 unspecified atom stereocenters. The SMILES string of the molecule is N=C1C(=O)NN=C1CC(=O)O. The minimum Gasteiger partial charge on any atom is -0.481 e. The number of hydrogen-bond acceptors (Lipinski definition) is 4. The lowest BCUT2D eigenvalue weighted by atomic mass is 10.2. The van der Waals surface area contributed by atoms with Gasteiger partial charge in [0.1, 0.15) is 11.4 Å². The van der Waals surface area contributed by atoms with E-state index in [-0.39, 0.29) is 11.4 Å². The van der Waals surface area contributed by atoms with Crippen LogP contribution in [0, 0.1) is 5.41 Å². The van der Waals surface area contributed by atoms with Crippen LogP contribution in [0.2, 0.25) is 0 Å². The van der Waals surface area contributed by atoms with E-state index in [0.717, 1.165) is 0 Å². The summed E-state index contributed by atoms with van der Waals surface area (Å²) in [5.41, 5.74) is 1.59. The van der Waals surface area contributed by atoms with Crippen molar-refractivity contribution in [1.29, 1.82) is 5.41 Å². The van der Waals surface area contributed by atoms with E-state index < -0.39 is 18.3 Å². The molecule has 0 saturated heterocycles. The first-order valence-corrected chi connectivity index (χ1v) is 2.79. The van der Waals surface area contributed by atoms with Gasteiger partial charge in [-0.1, -0.05) is 0 Å². The van der Waals surface area contributed by atoms with Gasteiger partial charge >= 0.3 is 5.97 Å². The molecule has 11 heavy (non-hydrogen) atoms. The van der Waals surface area contributed by atoms with Gasteiger partial charge in [0, 0.05) is 0 Å². The lowest BCUT2D eigenvalue weighted by Crippen LogP contribution is -2.23. The second kappa shape index (κ2) is 2.49. The summed E-state index contributed by atoms with van der Waals surface area (Å²) in [7, 11) is 0. The zero-order chi connectivity index (χ0) is 8.43. The quantitative estimate of drug-likeness (QED) is 0.474. The highest BCUT2D eigenvalue weighted by Crippen LogP contribution is 1.95. The number of hydrazone groups is 1. The number of hydrogen-bond donors (Lipinski definition) is 3. The molecule has 0 radical (unpaired) electrons. The van der Waals surface area contributed by atoms with E-state index in [2.05, 4.69) is 5.10 Å². The summed E-state index contributed by atoms with van der Waals surface area (Å²) in [6, 6.07) is 0. The molecule has 0 bridgehead atoms. The van der Waals surface area contributed by atoms with Gasteiger partial charge in [0.05, 0.1) is 6.42 Å². The van der Waals surface area contributed by atoms with Crippen molar-refractivity contribution in [1.82, 2.24) is 5.43 Å². The Kier molecular flexibility index (Phi) is 1.67. The topological polar surface area (TPSA) is 103 Å². The minimum absolute atomic E-state index is 0.0255. The Labute approximate surface area is 61.4 Å². The molecule has 1 rings (SSSR count). The lowest BCUT2D eigenvalue weighted by Gasteiger charge is -1.89. The lowest BCUT2D eigenvalue weighted by molar-refractivity contribution is -0.135. The molecule has 0 atom stereocenters. The van der Waals surface area contributed by atoms with Crippen molar-refractivity contribution in [3.05, 3.63) is 0 Å². The first-order valence-electron chi connectivity index (χ1n) is 2.79. The Morgan fingerprint density at radius 2 is 2.36 bits per heavy atom. The summed E-state index contributed by atoms with van der Waals surface area (Å²) in [6.07, 6.45) is -0.391. The van der Waals surface area contributed by atoms with Gasteiger partial charge in [-0.3, -0.25) is 15.0 Å². The predicted octanol–water partition coefficient (Wildman–Crippen LogP) is -1.03. The third kappa shape index (κ3) is 1.40. The average molecular weight is 155 g/mol. The molecule has 0 aromatic heterocycles. The highest BCUT2D eigenvalue weighted by molar-refractivity contribution is 6.68. The third-order valence-corrected chi connectivity index (χ3v) is 1.13. The van der Waals surface area contributed by atoms with Crippen LogP contribution >= 0.6 is 0 Å². The highest BCUT2D eigenvalue weighted by Gasteiger charge is 2.23. The standard InChI is InChI=1S/C5H5N3O3/c6-4-2(1-3(9)10)7-8-5(4)11/h1H2,(H,9,10)(H2,6,8,11). The van der Waals surface area contributed by atoms with Crippen LogP contribution in [0.25, 0.3) is 0 Å². The van der Waals surface area contributed by atoms with E-state index in [9.17, 15) is 9.59 Å². The number of carbonyl (C=O) groups is 2. The minimum atomic E-state index is -1.11. The van der Waals surface area contributed by atoms with Gasteiger partial charge in [-0.25, -0.2) is 5.43 Å². The van der Waals surface area contributed by atoms with E-state index in [1.807, 2.05) is 5.43 Å². The fraction of sp³-hybridized carbons (Fsp3) is 0.200. The molecular weight excluding hydrogens is 150 g/mol. The van der Waals surface area contributed by atoms with Crippen LogP contribution in [0.1, 0.15) is 6.42 Å². The van der Waals surface area contributed by atoms with Crippen molar-refractivity contribution in [3.63, 3.8) is 0 Å². The van der Waals surface area contributed by atoms with E-state index >= 15 is 0 Å². The average Bonchev–Trinajstić information content (AvgIpc) is 2.18. The number of aliphatic carboxylic acids is 1. The summed E-state index contributed by atoms with van der Waals surface area (Å²) in [6.45, 7) is 0. The number of carboxylic acid groups (broad SMARTS) is 1. The normalized spacial score (nSPS) is 16.2. The molecule has 0 aromatic rings. The molecule has 1 amide bonds. The molecule has 6 nitrogen and oxygen atoms in total. The fourth-order valence-electron chi connectivity index (χ4n) is 0.632. The maximum absolute atomic E-state index is 10.5. The number of rotatable bonds is 2. The first-order chi connectivity index (χ1) is 5.11. The molecule has 0 saturated carbocycles. The Morgan fingerprint density at radius 1 is 1.73 bits per heavy atom. The molecule has 1 aliphatic rings. The number of nitrogens with zero attached hydrogens (tertiary/aromatic N) is 1. The van der Waals surface area contributed by atoms with Crippen molar-refractivity contribution in [3.8, 4) is 0 Å². The maximum Gasteiger partial charge on any atom is 0.309 e. The second-order valence-corrected chi connectivity index (χ2v) is 1.94. The number of amides is 1. The van der Waals surface area contributed by atoms with Crippen LogP contribution in [-0.2, 0) is 9.59 Å². The Morgan fingerprint density at radius 3 is 2.73 bits per heavy atom. The Balaban J connectivity index is 2.68. The van der Waals surface area contributed by atoms with Crippen molar-refractivity contribution in [2.75, 3.05) is 0 Å². The molecule has 1 aliphatic heterocycles. The van der Waals surface area contributed by atoms with E-state index in [0.29, 0.717) is 0 Å². The van der Waals surface area contributed by atoms with Gasteiger partial charge in [-0.05, 0) is 0 Å². The van der Waals surface area contributed by atoms with Crippen LogP contribution in [0.15, 0.2) is 5.10 Å². The first kappa shape index (κ1) is 7.39. The number of carbonyl (C=O) groups excluding carboxylic acids is 1. The third-order valence-electron chi connectivity index (χ3n) is 1.13. The van der Waals surface area contributed by atoms with Crippen LogP contribution in [0.4, 0.5) is 0 Å². The summed E-state index contributed by atoms with van der Waals surface area (Å²) >= 11 is 0. The molecule has 0 fully saturated rings. The zero-order valence-electron chi connectivity index (χ0n) is 5.42. The predicted molar refractivity (Wildman–Crippen MR) is 35.6 cm³/mol. The van der Waals surface area contributed by atoms with Crippen molar-refractivity contribution in [2.24, 2.45) is 5.10 Å². The molecule has 58 valence electrons. The van der Waals surface area contributed by atoms with E-state index in [1.54, 1.807) is 0 Å². The second-order valence-electron chi connectivity index (χ2n) is 1.94. The van der Waals surface area contributed by atoms with Gasteiger partial charge < -0.3 is 5.11 Å². The molecule has 0 spiro atoms. The molecular formula is C5H5N3O3. The van der Waals surface area contributed by atoms with Crippen molar-refractivity contribution in [2.45, 2.75) is 6.42 Å². The largest absolute Gasteiger partial charge is 0.481 e. The monoisotopic (exact) mass is 155 g/mol.